The minimum absolute atomic E-state index is 0.730. The third-order valence-electron chi connectivity index (χ3n) is 4.59. The maximum Gasteiger partial charge on any atom is 0.167 e. The van der Waals surface area contributed by atoms with E-state index < -0.39 is 0 Å². The van der Waals surface area contributed by atoms with Crippen molar-refractivity contribution in [1.29, 1.82) is 0 Å². The molecule has 0 saturated heterocycles. The van der Waals surface area contributed by atoms with Gasteiger partial charge in [0.2, 0.25) is 0 Å². The Bertz CT molecular complexity index is 1050. The summed E-state index contributed by atoms with van der Waals surface area (Å²) in [4.78, 5) is 0. The molecular formula is C23H26N2O3. The van der Waals surface area contributed by atoms with Crippen LogP contribution in [0.3, 0.4) is 0 Å². The fraction of sp³-hybridized carbons (Fsp3) is 0.261. The quantitative estimate of drug-likeness (QED) is 0.426. The summed E-state index contributed by atoms with van der Waals surface area (Å²) in [5.41, 5.74) is 3.95. The molecule has 5 heteroatoms. The number of nitrogens with zero attached hydrogens (tertiary/aromatic N) is 2. The van der Waals surface area contributed by atoms with Gasteiger partial charge in [-0.15, -0.1) is 0 Å². The van der Waals surface area contributed by atoms with Gasteiger partial charge < -0.3 is 18.6 Å². The normalized spacial score (nSPS) is 10.5. The molecule has 0 amide bonds. The number of fused-ring (bicyclic) bond motifs is 1. The van der Waals surface area contributed by atoms with E-state index in [1.165, 1.54) is 0 Å². The maximum atomic E-state index is 5.59. The van der Waals surface area contributed by atoms with Gasteiger partial charge in [0.15, 0.2) is 5.76 Å². The number of aryl methyl sites for hydroxylation is 1. The Hall–Kier alpha value is -3.21. The van der Waals surface area contributed by atoms with Crippen LogP contribution in [-0.4, -0.2) is 23.9 Å². The van der Waals surface area contributed by atoms with Gasteiger partial charge >= 0.3 is 0 Å². The van der Waals surface area contributed by atoms with Gasteiger partial charge in [-0.1, -0.05) is 19.0 Å². The van der Waals surface area contributed by atoms with Crippen molar-refractivity contribution in [3.8, 4) is 34.1 Å². The Labute approximate surface area is 165 Å². The third-order valence-corrected chi connectivity index (χ3v) is 4.59. The van der Waals surface area contributed by atoms with Gasteiger partial charge in [-0.05, 0) is 43.3 Å². The van der Waals surface area contributed by atoms with Crippen LogP contribution in [0.15, 0.2) is 59.3 Å². The predicted molar refractivity (Wildman–Crippen MR) is 113 cm³/mol. The van der Waals surface area contributed by atoms with Crippen LogP contribution in [0.2, 0.25) is 0 Å². The Balaban J connectivity index is 0.00000109. The number of hydrogen-bond donors (Lipinski definition) is 0. The van der Waals surface area contributed by atoms with Gasteiger partial charge in [-0.3, -0.25) is 0 Å². The monoisotopic (exact) mass is 378 g/mol. The Morgan fingerprint density at radius 3 is 2.25 bits per heavy atom. The number of benzene rings is 2. The molecule has 0 radical (unpaired) electrons. The molecule has 4 aromatic rings. The van der Waals surface area contributed by atoms with E-state index in [1.54, 1.807) is 14.2 Å². The van der Waals surface area contributed by atoms with Gasteiger partial charge in [0.05, 0.1) is 19.7 Å². The topological polar surface area (TPSA) is 49.4 Å². The summed E-state index contributed by atoms with van der Waals surface area (Å²) >= 11 is 0. The first-order valence-corrected chi connectivity index (χ1v) is 9.52. The molecule has 28 heavy (non-hydrogen) atoms. The minimum Gasteiger partial charge on any atom is -0.497 e. The summed E-state index contributed by atoms with van der Waals surface area (Å²) in [6.45, 7) is 6.99. The average molecular weight is 378 g/mol. The van der Waals surface area contributed by atoms with Crippen LogP contribution in [-0.2, 0) is 6.54 Å². The minimum atomic E-state index is 0.730. The fourth-order valence-corrected chi connectivity index (χ4v) is 3.16. The van der Waals surface area contributed by atoms with Gasteiger partial charge in [0.1, 0.15) is 17.2 Å². The second-order valence-electron chi connectivity index (χ2n) is 6.02. The summed E-state index contributed by atoms with van der Waals surface area (Å²) in [5, 5.41) is 5.42. The number of aromatic nitrogens is 2. The first-order valence-electron chi connectivity index (χ1n) is 9.52. The Morgan fingerprint density at radius 1 is 0.929 bits per heavy atom. The van der Waals surface area contributed by atoms with Crippen molar-refractivity contribution in [3.05, 3.63) is 54.7 Å². The van der Waals surface area contributed by atoms with E-state index in [9.17, 15) is 0 Å². The summed E-state index contributed by atoms with van der Waals surface area (Å²) in [6, 6.07) is 15.8. The molecular weight excluding hydrogens is 352 g/mol. The number of hydrogen-bond acceptors (Lipinski definition) is 4. The van der Waals surface area contributed by atoms with Gasteiger partial charge in [0, 0.05) is 41.4 Å². The molecule has 0 spiro atoms. The highest BCUT2D eigenvalue weighted by molar-refractivity contribution is 5.96. The van der Waals surface area contributed by atoms with E-state index in [4.69, 9.17) is 14.0 Å². The summed E-state index contributed by atoms with van der Waals surface area (Å²) < 4.78 is 18.3. The van der Waals surface area contributed by atoms with Gasteiger partial charge in [0.25, 0.3) is 0 Å². The molecule has 0 atom stereocenters. The molecule has 2 aromatic carbocycles. The molecule has 2 heterocycles. The van der Waals surface area contributed by atoms with E-state index in [-0.39, 0.29) is 0 Å². The van der Waals surface area contributed by atoms with Gasteiger partial charge in [-0.2, -0.15) is 0 Å². The maximum absolute atomic E-state index is 5.59. The van der Waals surface area contributed by atoms with Crippen LogP contribution in [0.25, 0.3) is 33.5 Å². The second kappa shape index (κ2) is 8.65. The van der Waals surface area contributed by atoms with Crippen LogP contribution in [0.1, 0.15) is 20.8 Å². The van der Waals surface area contributed by atoms with Crippen molar-refractivity contribution in [1.82, 2.24) is 9.72 Å². The molecule has 0 aliphatic rings. The molecule has 0 unspecified atom stereocenters. The zero-order chi connectivity index (χ0) is 20.1. The van der Waals surface area contributed by atoms with Crippen LogP contribution >= 0.6 is 0 Å². The summed E-state index contributed by atoms with van der Waals surface area (Å²) in [5.74, 6) is 2.39. The third kappa shape index (κ3) is 3.60. The number of methoxy groups -OCH3 is 2. The number of ether oxygens (including phenoxy) is 2. The second-order valence-corrected chi connectivity index (χ2v) is 6.02. The zero-order valence-electron chi connectivity index (χ0n) is 17.0. The smallest absolute Gasteiger partial charge is 0.167 e. The molecule has 146 valence electrons. The highest BCUT2D eigenvalue weighted by Gasteiger charge is 2.15. The predicted octanol–water partition coefficient (Wildman–Crippen LogP) is 6.03. The lowest BCUT2D eigenvalue weighted by atomic mass is 10.1. The fourth-order valence-electron chi connectivity index (χ4n) is 3.16. The van der Waals surface area contributed by atoms with Crippen molar-refractivity contribution in [2.45, 2.75) is 27.3 Å². The van der Waals surface area contributed by atoms with Crippen molar-refractivity contribution in [2.24, 2.45) is 0 Å². The molecule has 0 aliphatic heterocycles. The van der Waals surface area contributed by atoms with Crippen molar-refractivity contribution in [2.75, 3.05) is 14.2 Å². The van der Waals surface area contributed by atoms with E-state index in [0.29, 0.717) is 0 Å². The average Bonchev–Trinajstić information content (AvgIpc) is 3.39. The Morgan fingerprint density at radius 2 is 1.61 bits per heavy atom. The van der Waals surface area contributed by atoms with E-state index in [1.807, 2.05) is 56.3 Å². The van der Waals surface area contributed by atoms with Crippen LogP contribution in [0.4, 0.5) is 0 Å². The summed E-state index contributed by atoms with van der Waals surface area (Å²) in [6.07, 6.45) is 2.11. The van der Waals surface area contributed by atoms with Gasteiger partial charge in [-0.25, -0.2) is 0 Å². The van der Waals surface area contributed by atoms with Crippen molar-refractivity contribution in [3.63, 3.8) is 0 Å². The highest BCUT2D eigenvalue weighted by atomic mass is 16.5. The molecule has 0 fully saturated rings. The van der Waals surface area contributed by atoms with Crippen LogP contribution < -0.4 is 9.47 Å². The largest absolute Gasteiger partial charge is 0.497 e. The molecule has 5 nitrogen and oxygen atoms in total. The molecule has 0 saturated carbocycles. The van der Waals surface area contributed by atoms with E-state index >= 15 is 0 Å². The Kier molecular flexibility index (Phi) is 6.04. The lowest BCUT2D eigenvalue weighted by molar-refractivity contribution is 0.414. The summed E-state index contributed by atoms with van der Waals surface area (Å²) in [7, 11) is 3.33. The first kappa shape index (κ1) is 19.5. The molecule has 0 N–H and O–H groups in total. The number of rotatable bonds is 5. The van der Waals surface area contributed by atoms with Crippen molar-refractivity contribution >= 4 is 10.9 Å². The van der Waals surface area contributed by atoms with Crippen molar-refractivity contribution < 1.29 is 14.0 Å². The molecule has 0 bridgehead atoms. The zero-order valence-corrected chi connectivity index (χ0v) is 17.0. The SMILES string of the molecule is CC.CCn1cc(-c2cc(-c3ccc(OC)cc3)on2)c2ccc(OC)cc21. The van der Waals surface area contributed by atoms with E-state index in [0.717, 1.165) is 51.5 Å². The highest BCUT2D eigenvalue weighted by Crippen LogP contribution is 2.34. The van der Waals surface area contributed by atoms with E-state index in [2.05, 4.69) is 28.9 Å². The standard InChI is InChI=1S/C21H20N2O3.C2H6/c1-4-23-13-18(17-10-9-16(25-3)11-20(17)23)19-12-21(26-22-19)14-5-7-15(24-2)8-6-14;1-2/h5-13H,4H2,1-3H3;1-2H3. The molecule has 2 aromatic heterocycles. The molecule has 4 rings (SSSR count). The van der Waals surface area contributed by atoms with Crippen LogP contribution in [0.5, 0.6) is 11.5 Å². The molecule has 0 aliphatic carbocycles. The first-order chi connectivity index (χ1) is 13.7. The lowest BCUT2D eigenvalue weighted by Crippen LogP contribution is -1.91. The van der Waals surface area contributed by atoms with Crippen LogP contribution in [0, 0.1) is 0 Å². The lowest BCUT2D eigenvalue weighted by Gasteiger charge is -2.03.